The number of hydrogen-bond donors (Lipinski definition) is 1. The number of benzene rings is 2. The second-order valence-corrected chi connectivity index (χ2v) is 11.1. The Labute approximate surface area is 223 Å². The molecule has 0 aromatic heterocycles. The van der Waals surface area contributed by atoms with Gasteiger partial charge in [-0.3, -0.25) is 13.9 Å². The van der Waals surface area contributed by atoms with Crippen LogP contribution in [0.2, 0.25) is 10.0 Å². The van der Waals surface area contributed by atoms with Crippen molar-refractivity contribution in [1.29, 1.82) is 0 Å². The summed E-state index contributed by atoms with van der Waals surface area (Å²) < 4.78 is 32.0. The molecule has 0 radical (unpaired) electrons. The van der Waals surface area contributed by atoms with Crippen LogP contribution in [0.1, 0.15) is 37.8 Å². The SMILES string of the molecule is CCCNC(=O)[C@@H](CC)N(Cc1c(Cl)cccc1Cl)C(=O)CN(c1cc(C)ccc1OC)S(C)(=O)=O. The Kier molecular flexibility index (Phi) is 10.9. The molecule has 0 unspecified atom stereocenters. The Morgan fingerprint density at radius 3 is 2.28 bits per heavy atom. The van der Waals surface area contributed by atoms with Gasteiger partial charge in [0, 0.05) is 28.7 Å². The molecule has 198 valence electrons. The first-order valence-electron chi connectivity index (χ1n) is 11.6. The van der Waals surface area contributed by atoms with E-state index in [1.54, 1.807) is 43.3 Å². The summed E-state index contributed by atoms with van der Waals surface area (Å²) in [6.07, 6.45) is 2.04. The van der Waals surface area contributed by atoms with Crippen molar-refractivity contribution >= 4 is 50.7 Å². The average Bonchev–Trinajstić information content (AvgIpc) is 2.81. The minimum atomic E-state index is -3.90. The minimum absolute atomic E-state index is 0.0715. The Balaban J connectivity index is 2.55. The molecule has 0 spiro atoms. The molecule has 2 rings (SSSR count). The summed E-state index contributed by atoms with van der Waals surface area (Å²) in [5, 5.41) is 3.50. The van der Waals surface area contributed by atoms with E-state index in [1.165, 1.54) is 12.0 Å². The number of nitrogens with one attached hydrogen (secondary N) is 1. The highest BCUT2D eigenvalue weighted by atomic mass is 35.5. The second-order valence-electron chi connectivity index (χ2n) is 8.38. The van der Waals surface area contributed by atoms with Gasteiger partial charge in [-0.25, -0.2) is 8.42 Å². The lowest BCUT2D eigenvalue weighted by molar-refractivity contribution is -0.140. The van der Waals surface area contributed by atoms with Gasteiger partial charge in [0.05, 0.1) is 19.1 Å². The van der Waals surface area contributed by atoms with Gasteiger partial charge in [0.25, 0.3) is 0 Å². The molecular formula is C25H33Cl2N3O5S. The monoisotopic (exact) mass is 557 g/mol. The topological polar surface area (TPSA) is 96.0 Å². The number of halogens is 2. The van der Waals surface area contributed by atoms with Crippen LogP contribution in [0.5, 0.6) is 5.75 Å². The normalized spacial score (nSPS) is 12.1. The van der Waals surface area contributed by atoms with E-state index in [0.29, 0.717) is 34.3 Å². The molecule has 0 aliphatic carbocycles. The Morgan fingerprint density at radius 2 is 1.75 bits per heavy atom. The number of nitrogens with zero attached hydrogens (tertiary/aromatic N) is 2. The molecule has 36 heavy (non-hydrogen) atoms. The van der Waals surface area contributed by atoms with Crippen molar-refractivity contribution in [3.8, 4) is 5.75 Å². The van der Waals surface area contributed by atoms with Gasteiger partial charge in [-0.15, -0.1) is 0 Å². The van der Waals surface area contributed by atoms with E-state index in [-0.39, 0.29) is 18.1 Å². The second kappa shape index (κ2) is 13.2. The van der Waals surface area contributed by atoms with Crippen LogP contribution in [0, 0.1) is 6.92 Å². The van der Waals surface area contributed by atoms with Gasteiger partial charge in [0.2, 0.25) is 21.8 Å². The molecule has 0 bridgehead atoms. The highest BCUT2D eigenvalue weighted by Gasteiger charge is 2.33. The minimum Gasteiger partial charge on any atom is -0.495 e. The standard InChI is InChI=1S/C25H33Cl2N3O5S/c1-6-13-28-25(32)21(7-2)29(15-18-19(26)9-8-10-20(18)27)24(31)16-30(36(5,33)34)22-14-17(3)11-12-23(22)35-4/h8-12,14,21H,6-7,13,15-16H2,1-5H3,(H,28,32)/t21-/m1/s1. The third kappa shape index (κ3) is 7.51. The quantitative estimate of drug-likeness (QED) is 0.417. The first-order chi connectivity index (χ1) is 16.9. The van der Waals surface area contributed by atoms with Gasteiger partial charge in [-0.05, 0) is 49.6 Å². The average molecular weight is 559 g/mol. The predicted molar refractivity (Wildman–Crippen MR) is 144 cm³/mol. The first-order valence-corrected chi connectivity index (χ1v) is 14.2. The van der Waals surface area contributed by atoms with Crippen molar-refractivity contribution in [2.24, 2.45) is 0 Å². The predicted octanol–water partition coefficient (Wildman–Crippen LogP) is 4.41. The smallest absolute Gasteiger partial charge is 0.244 e. The molecule has 1 N–H and O–H groups in total. The van der Waals surface area contributed by atoms with E-state index < -0.39 is 28.5 Å². The van der Waals surface area contributed by atoms with E-state index in [4.69, 9.17) is 27.9 Å². The van der Waals surface area contributed by atoms with E-state index >= 15 is 0 Å². The van der Waals surface area contributed by atoms with Gasteiger partial charge in [0.15, 0.2) is 0 Å². The van der Waals surface area contributed by atoms with Crippen molar-refractivity contribution in [2.45, 2.75) is 46.2 Å². The number of rotatable bonds is 12. The number of ether oxygens (including phenoxy) is 1. The molecule has 11 heteroatoms. The maximum absolute atomic E-state index is 13.8. The first kappa shape index (κ1) is 29.7. The van der Waals surface area contributed by atoms with Gasteiger partial charge >= 0.3 is 0 Å². The number of amides is 2. The van der Waals surface area contributed by atoms with Crippen molar-refractivity contribution in [2.75, 3.05) is 30.8 Å². The van der Waals surface area contributed by atoms with Crippen LogP contribution in [0.25, 0.3) is 0 Å². The van der Waals surface area contributed by atoms with Crippen LogP contribution >= 0.6 is 23.2 Å². The largest absolute Gasteiger partial charge is 0.495 e. The fourth-order valence-corrected chi connectivity index (χ4v) is 5.09. The molecular weight excluding hydrogens is 525 g/mol. The maximum atomic E-state index is 13.8. The summed E-state index contributed by atoms with van der Waals surface area (Å²) in [4.78, 5) is 28.1. The number of carbonyl (C=O) groups is 2. The molecule has 0 aliphatic rings. The Bertz CT molecular complexity index is 1170. The molecule has 0 aliphatic heterocycles. The van der Waals surface area contributed by atoms with Gasteiger partial charge in [-0.1, -0.05) is 49.2 Å². The van der Waals surface area contributed by atoms with Crippen molar-refractivity contribution in [3.05, 3.63) is 57.6 Å². The summed E-state index contributed by atoms with van der Waals surface area (Å²) in [6.45, 7) is 5.34. The highest BCUT2D eigenvalue weighted by molar-refractivity contribution is 7.92. The van der Waals surface area contributed by atoms with E-state index in [9.17, 15) is 18.0 Å². The molecule has 0 saturated carbocycles. The summed E-state index contributed by atoms with van der Waals surface area (Å²) in [6, 6.07) is 9.16. The molecule has 1 atom stereocenters. The van der Waals surface area contributed by atoms with Crippen molar-refractivity contribution in [1.82, 2.24) is 10.2 Å². The van der Waals surface area contributed by atoms with Gasteiger partial charge < -0.3 is 15.0 Å². The van der Waals surface area contributed by atoms with Gasteiger partial charge in [0.1, 0.15) is 18.3 Å². The number of hydrogen-bond acceptors (Lipinski definition) is 5. The van der Waals surface area contributed by atoms with Crippen LogP contribution in [-0.2, 0) is 26.2 Å². The van der Waals surface area contributed by atoms with Crippen LogP contribution in [0.15, 0.2) is 36.4 Å². The molecule has 0 saturated heterocycles. The third-order valence-corrected chi connectivity index (χ3v) is 7.44. The summed E-state index contributed by atoms with van der Waals surface area (Å²) in [5.41, 5.74) is 1.49. The molecule has 2 amide bonds. The molecule has 0 fully saturated rings. The summed E-state index contributed by atoms with van der Waals surface area (Å²) in [7, 11) is -2.47. The zero-order valence-electron chi connectivity index (χ0n) is 21.2. The molecule has 2 aromatic carbocycles. The van der Waals surface area contributed by atoms with Crippen LogP contribution < -0.4 is 14.4 Å². The molecule has 2 aromatic rings. The number of sulfonamides is 1. The number of carbonyl (C=O) groups excluding carboxylic acids is 2. The van der Waals surface area contributed by atoms with E-state index in [2.05, 4.69) is 5.32 Å². The highest BCUT2D eigenvalue weighted by Crippen LogP contribution is 2.32. The molecule has 8 nitrogen and oxygen atoms in total. The maximum Gasteiger partial charge on any atom is 0.244 e. The van der Waals surface area contributed by atoms with Crippen LogP contribution in [0.4, 0.5) is 5.69 Å². The number of anilines is 1. The zero-order valence-corrected chi connectivity index (χ0v) is 23.5. The fraction of sp³-hybridized carbons (Fsp3) is 0.440. The summed E-state index contributed by atoms with van der Waals surface area (Å²) in [5.74, 6) is -0.624. The number of aryl methyl sites for hydroxylation is 1. The number of methoxy groups -OCH3 is 1. The lowest BCUT2D eigenvalue weighted by atomic mass is 10.1. The third-order valence-electron chi connectivity index (χ3n) is 5.61. The van der Waals surface area contributed by atoms with Crippen molar-refractivity contribution < 1.29 is 22.7 Å². The molecule has 0 heterocycles. The van der Waals surface area contributed by atoms with Gasteiger partial charge in [-0.2, -0.15) is 0 Å². The lowest BCUT2D eigenvalue weighted by Crippen LogP contribution is -2.52. The lowest BCUT2D eigenvalue weighted by Gasteiger charge is -2.33. The fourth-order valence-electron chi connectivity index (χ4n) is 3.73. The Morgan fingerprint density at radius 1 is 1.11 bits per heavy atom. The van der Waals surface area contributed by atoms with Crippen LogP contribution in [0.3, 0.4) is 0 Å². The van der Waals surface area contributed by atoms with E-state index in [1.807, 2.05) is 13.8 Å². The van der Waals surface area contributed by atoms with E-state index in [0.717, 1.165) is 22.5 Å². The zero-order chi connectivity index (χ0) is 27.0. The summed E-state index contributed by atoms with van der Waals surface area (Å²) >= 11 is 12.7. The van der Waals surface area contributed by atoms with Crippen LogP contribution in [-0.4, -0.2) is 57.6 Å². The Hall–Kier alpha value is -2.49. The van der Waals surface area contributed by atoms with Crippen molar-refractivity contribution in [3.63, 3.8) is 0 Å².